The Labute approximate surface area is 216 Å². The van der Waals surface area contributed by atoms with Crippen molar-refractivity contribution in [3.8, 4) is 17.2 Å². The Morgan fingerprint density at radius 2 is 1.71 bits per heavy atom. The van der Waals surface area contributed by atoms with Gasteiger partial charge in [0.1, 0.15) is 17.2 Å². The van der Waals surface area contributed by atoms with E-state index in [1.807, 2.05) is 6.07 Å². The number of ether oxygens (including phenoxy) is 4. The van der Waals surface area contributed by atoms with Gasteiger partial charge < -0.3 is 29.2 Å². The van der Waals surface area contributed by atoms with Gasteiger partial charge in [-0.15, -0.1) is 13.2 Å². The van der Waals surface area contributed by atoms with E-state index >= 15 is 0 Å². The predicted octanol–water partition coefficient (Wildman–Crippen LogP) is 5.57. The van der Waals surface area contributed by atoms with Gasteiger partial charge in [0, 0.05) is 23.9 Å². The van der Waals surface area contributed by atoms with E-state index in [9.17, 15) is 22.8 Å². The Morgan fingerprint density at radius 1 is 0.947 bits per heavy atom. The first kappa shape index (κ1) is 26.6. The van der Waals surface area contributed by atoms with Gasteiger partial charge in [0.05, 0.1) is 32.9 Å². The van der Waals surface area contributed by atoms with E-state index in [2.05, 4.69) is 10.1 Å². The molecule has 3 aromatic carbocycles. The lowest BCUT2D eigenvalue weighted by Crippen LogP contribution is -2.43. The minimum Gasteiger partial charge on any atom is -0.497 e. The summed E-state index contributed by atoms with van der Waals surface area (Å²) in [5.41, 5.74) is 2.41. The molecule has 1 heterocycles. The van der Waals surface area contributed by atoms with Crippen LogP contribution < -0.4 is 19.5 Å². The lowest BCUT2D eigenvalue weighted by molar-refractivity contribution is -0.274. The van der Waals surface area contributed by atoms with Crippen LogP contribution >= 0.6 is 0 Å². The van der Waals surface area contributed by atoms with Gasteiger partial charge in [-0.2, -0.15) is 0 Å². The fourth-order valence-corrected chi connectivity index (χ4v) is 4.47. The van der Waals surface area contributed by atoms with Crippen molar-refractivity contribution in [3.63, 3.8) is 0 Å². The van der Waals surface area contributed by atoms with Crippen molar-refractivity contribution in [3.05, 3.63) is 82.9 Å². The molecule has 11 heteroatoms. The summed E-state index contributed by atoms with van der Waals surface area (Å²) in [6, 6.07) is 13.8. The molecule has 0 fully saturated rings. The summed E-state index contributed by atoms with van der Waals surface area (Å²) in [6.07, 6.45) is -4.44. The number of nitrogens with zero attached hydrogens (tertiary/aromatic N) is 1. The van der Waals surface area contributed by atoms with Crippen LogP contribution in [0.15, 0.2) is 60.7 Å². The van der Waals surface area contributed by atoms with Crippen LogP contribution in [0.5, 0.6) is 17.2 Å². The Hall–Kier alpha value is -4.41. The maximum atomic E-state index is 13.6. The zero-order valence-corrected chi connectivity index (χ0v) is 20.8. The summed E-state index contributed by atoms with van der Waals surface area (Å²) in [5.74, 6) is -0.0190. The standard InChI is InChI=1S/C27H25F3N2O6/c1-35-21-13-16-10-11-32(26(34)31-19-8-4-7-18(12-19)25(33)37-3)24(23(16)22(15-21)36-2)17-6-5-9-20(14-17)38-27(28,29)30/h4-9,12-15,24H,10-11H2,1-3H3,(H,31,34). The molecule has 0 saturated heterocycles. The summed E-state index contributed by atoms with van der Waals surface area (Å²) in [4.78, 5) is 27.0. The number of esters is 1. The number of amides is 2. The molecule has 4 rings (SSSR count). The molecule has 1 aliphatic rings. The van der Waals surface area contributed by atoms with Crippen LogP contribution in [0.3, 0.4) is 0 Å². The number of alkyl halides is 3. The van der Waals surface area contributed by atoms with Crippen molar-refractivity contribution in [2.24, 2.45) is 0 Å². The quantitative estimate of drug-likeness (QED) is 0.420. The average molecular weight is 530 g/mol. The summed E-state index contributed by atoms with van der Waals surface area (Å²) >= 11 is 0. The van der Waals surface area contributed by atoms with E-state index < -0.39 is 30.2 Å². The first-order valence-electron chi connectivity index (χ1n) is 11.5. The van der Waals surface area contributed by atoms with Crippen LogP contribution in [0.2, 0.25) is 0 Å². The summed E-state index contributed by atoms with van der Waals surface area (Å²) in [6.45, 7) is 0.237. The number of urea groups is 1. The van der Waals surface area contributed by atoms with Gasteiger partial charge in [0.2, 0.25) is 0 Å². The molecule has 38 heavy (non-hydrogen) atoms. The minimum absolute atomic E-state index is 0.237. The molecule has 0 bridgehead atoms. The van der Waals surface area contributed by atoms with E-state index in [1.54, 1.807) is 30.3 Å². The minimum atomic E-state index is -4.88. The Morgan fingerprint density at radius 3 is 2.39 bits per heavy atom. The number of methoxy groups -OCH3 is 3. The second-order valence-corrected chi connectivity index (χ2v) is 8.37. The SMILES string of the molecule is COC(=O)c1cccc(NC(=O)N2CCc3cc(OC)cc(OC)c3C2c2cccc(OC(F)(F)F)c2)c1. The van der Waals surface area contributed by atoms with Crippen molar-refractivity contribution < 1.29 is 41.7 Å². The third-order valence-corrected chi connectivity index (χ3v) is 6.07. The van der Waals surface area contributed by atoms with Crippen LogP contribution in [0.25, 0.3) is 0 Å². The van der Waals surface area contributed by atoms with Gasteiger partial charge in [0.25, 0.3) is 0 Å². The molecule has 3 aromatic rings. The van der Waals surface area contributed by atoms with Crippen LogP contribution in [-0.4, -0.2) is 51.1 Å². The third kappa shape index (κ3) is 5.77. The van der Waals surface area contributed by atoms with Gasteiger partial charge >= 0.3 is 18.4 Å². The number of hydrogen-bond acceptors (Lipinski definition) is 6. The number of benzene rings is 3. The zero-order valence-electron chi connectivity index (χ0n) is 20.8. The highest BCUT2D eigenvalue weighted by atomic mass is 19.4. The number of fused-ring (bicyclic) bond motifs is 1. The first-order chi connectivity index (χ1) is 18.1. The molecule has 0 aliphatic carbocycles. The highest BCUT2D eigenvalue weighted by Gasteiger charge is 2.36. The fourth-order valence-electron chi connectivity index (χ4n) is 4.47. The first-order valence-corrected chi connectivity index (χ1v) is 11.5. The molecule has 1 atom stereocenters. The maximum absolute atomic E-state index is 13.6. The van der Waals surface area contributed by atoms with Gasteiger partial charge in [0.15, 0.2) is 0 Å². The molecule has 0 saturated carbocycles. The number of carbonyl (C=O) groups is 2. The van der Waals surface area contributed by atoms with E-state index in [4.69, 9.17) is 14.2 Å². The Bertz CT molecular complexity index is 1330. The van der Waals surface area contributed by atoms with Crippen LogP contribution in [-0.2, 0) is 11.2 Å². The molecule has 0 spiro atoms. The number of nitrogens with one attached hydrogen (secondary N) is 1. The Kier molecular flexibility index (Phi) is 7.65. The molecule has 200 valence electrons. The Balaban J connectivity index is 1.77. The van der Waals surface area contributed by atoms with Crippen molar-refractivity contribution in [1.82, 2.24) is 4.90 Å². The molecule has 1 N–H and O–H groups in total. The summed E-state index contributed by atoms with van der Waals surface area (Å²) in [5, 5.41) is 2.78. The molecular formula is C27H25F3N2O6. The third-order valence-electron chi connectivity index (χ3n) is 6.07. The van der Waals surface area contributed by atoms with Crippen LogP contribution in [0.1, 0.15) is 33.1 Å². The summed E-state index contributed by atoms with van der Waals surface area (Å²) in [7, 11) is 4.23. The van der Waals surface area contributed by atoms with Crippen molar-refractivity contribution >= 4 is 17.7 Å². The molecule has 0 radical (unpaired) electrons. The van der Waals surface area contributed by atoms with Crippen molar-refractivity contribution in [2.75, 3.05) is 33.2 Å². The summed E-state index contributed by atoms with van der Waals surface area (Å²) < 4.78 is 58.7. The van der Waals surface area contributed by atoms with Crippen LogP contribution in [0, 0.1) is 0 Å². The zero-order chi connectivity index (χ0) is 27.4. The smallest absolute Gasteiger partial charge is 0.497 e. The van der Waals surface area contributed by atoms with E-state index in [-0.39, 0.29) is 12.1 Å². The number of hydrogen-bond donors (Lipinski definition) is 1. The van der Waals surface area contributed by atoms with E-state index in [0.717, 1.165) is 5.56 Å². The fraction of sp³-hybridized carbons (Fsp3) is 0.259. The van der Waals surface area contributed by atoms with Crippen molar-refractivity contribution in [1.29, 1.82) is 0 Å². The van der Waals surface area contributed by atoms with E-state index in [0.29, 0.717) is 34.7 Å². The van der Waals surface area contributed by atoms with Crippen molar-refractivity contribution in [2.45, 2.75) is 18.8 Å². The average Bonchev–Trinajstić information content (AvgIpc) is 2.90. The molecular weight excluding hydrogens is 505 g/mol. The van der Waals surface area contributed by atoms with Gasteiger partial charge in [-0.1, -0.05) is 18.2 Å². The highest BCUT2D eigenvalue weighted by Crippen LogP contribution is 2.43. The molecule has 2 amide bonds. The number of halogens is 3. The second-order valence-electron chi connectivity index (χ2n) is 8.37. The monoisotopic (exact) mass is 530 g/mol. The lowest BCUT2D eigenvalue weighted by atomic mass is 9.87. The molecule has 1 aliphatic heterocycles. The van der Waals surface area contributed by atoms with Gasteiger partial charge in [-0.05, 0) is 53.9 Å². The van der Waals surface area contributed by atoms with Gasteiger partial charge in [-0.25, -0.2) is 9.59 Å². The lowest BCUT2D eigenvalue weighted by Gasteiger charge is -2.38. The number of anilines is 1. The van der Waals surface area contributed by atoms with Gasteiger partial charge in [-0.3, -0.25) is 0 Å². The predicted molar refractivity (Wildman–Crippen MR) is 132 cm³/mol. The molecule has 0 aromatic heterocycles. The van der Waals surface area contributed by atoms with E-state index in [1.165, 1.54) is 50.5 Å². The normalized spacial score (nSPS) is 14.8. The number of rotatable bonds is 6. The topological polar surface area (TPSA) is 86.3 Å². The molecule has 1 unspecified atom stereocenters. The van der Waals surface area contributed by atoms with Crippen LogP contribution in [0.4, 0.5) is 23.7 Å². The molecule has 8 nitrogen and oxygen atoms in total. The number of carbonyl (C=O) groups excluding carboxylic acids is 2. The maximum Gasteiger partial charge on any atom is 0.573 e. The second kappa shape index (κ2) is 10.9. The highest BCUT2D eigenvalue weighted by molar-refractivity contribution is 5.94. The largest absolute Gasteiger partial charge is 0.573 e.